The quantitative estimate of drug-likeness (QED) is 0.492. The maximum Gasteiger partial charge on any atom is 0.331 e. The summed E-state index contributed by atoms with van der Waals surface area (Å²) < 4.78 is 26.6. The van der Waals surface area contributed by atoms with Crippen LogP contribution in [0.2, 0.25) is 0 Å². The molecule has 30 heavy (non-hydrogen) atoms. The van der Waals surface area contributed by atoms with Crippen molar-refractivity contribution in [3.63, 3.8) is 0 Å². The van der Waals surface area contributed by atoms with Crippen molar-refractivity contribution < 1.29 is 33.3 Å². The molecule has 0 aromatic heterocycles. The fourth-order valence-electron chi connectivity index (χ4n) is 4.54. The molecule has 2 aliphatic rings. The standard InChI is InChI=1S/C22H29NO7/c1-23-14-7-8-15(23)20(22(25)29-5)16(12-14)30-19(24)9-6-13-10-17(26-2)21(28-4)18(11-13)27-3/h6,9-11,14-16,20H,7-8,12H2,1-5H3/t14-,15+,16-,20+/m1/s1. The molecule has 2 heterocycles. The summed E-state index contributed by atoms with van der Waals surface area (Å²) in [6, 6.07) is 3.82. The number of carbonyl (C=O) groups excluding carboxylic acids is 2. The zero-order valence-electron chi connectivity index (χ0n) is 18.0. The van der Waals surface area contributed by atoms with Crippen LogP contribution in [0, 0.1) is 5.92 Å². The SMILES string of the molecule is COC(=O)[C@@H]1[C@H](OC(=O)C=Cc2cc(OC)c(OC)c(OC)c2)C[C@H]2CC[C@@H]1N2C. The largest absolute Gasteiger partial charge is 0.493 e. The number of methoxy groups -OCH3 is 4. The highest BCUT2D eigenvalue weighted by Crippen LogP contribution is 2.40. The lowest BCUT2D eigenvalue weighted by Gasteiger charge is -2.40. The maximum atomic E-state index is 12.5. The highest BCUT2D eigenvalue weighted by atomic mass is 16.6. The Morgan fingerprint density at radius 1 is 1.03 bits per heavy atom. The summed E-state index contributed by atoms with van der Waals surface area (Å²) >= 11 is 0. The molecule has 2 aliphatic heterocycles. The first-order valence-electron chi connectivity index (χ1n) is 9.91. The van der Waals surface area contributed by atoms with Gasteiger partial charge in [-0.15, -0.1) is 0 Å². The highest BCUT2D eigenvalue weighted by molar-refractivity contribution is 5.88. The normalized spacial score (nSPS) is 25.8. The topological polar surface area (TPSA) is 83.5 Å². The predicted octanol–water partition coefficient (Wildman–Crippen LogP) is 2.29. The van der Waals surface area contributed by atoms with Crippen molar-refractivity contribution in [3.05, 3.63) is 23.8 Å². The number of piperidine rings is 1. The number of benzene rings is 1. The van der Waals surface area contributed by atoms with Gasteiger partial charge in [-0.25, -0.2) is 4.79 Å². The van der Waals surface area contributed by atoms with E-state index in [9.17, 15) is 9.59 Å². The third-order valence-corrected chi connectivity index (χ3v) is 6.05. The molecule has 0 saturated carbocycles. The van der Waals surface area contributed by atoms with E-state index in [-0.39, 0.29) is 12.0 Å². The Labute approximate surface area is 176 Å². The predicted molar refractivity (Wildman–Crippen MR) is 110 cm³/mol. The van der Waals surface area contributed by atoms with Crippen molar-refractivity contribution in [2.45, 2.75) is 37.5 Å². The zero-order valence-corrected chi connectivity index (χ0v) is 18.0. The molecule has 8 nitrogen and oxygen atoms in total. The van der Waals surface area contributed by atoms with E-state index in [1.54, 1.807) is 18.2 Å². The van der Waals surface area contributed by atoms with Crippen LogP contribution in [-0.4, -0.2) is 70.5 Å². The molecule has 164 valence electrons. The number of hydrogen-bond acceptors (Lipinski definition) is 8. The summed E-state index contributed by atoms with van der Waals surface area (Å²) in [7, 11) is 7.97. The molecule has 4 atom stereocenters. The van der Waals surface area contributed by atoms with Gasteiger partial charge in [0.25, 0.3) is 0 Å². The monoisotopic (exact) mass is 419 g/mol. The van der Waals surface area contributed by atoms with Gasteiger partial charge in [0.15, 0.2) is 11.5 Å². The number of rotatable bonds is 7. The fraction of sp³-hybridized carbons (Fsp3) is 0.545. The molecule has 0 amide bonds. The Balaban J connectivity index is 1.75. The molecule has 2 saturated heterocycles. The number of ether oxygens (including phenoxy) is 5. The Morgan fingerprint density at radius 2 is 1.70 bits per heavy atom. The number of carbonyl (C=O) groups is 2. The van der Waals surface area contributed by atoms with E-state index < -0.39 is 18.0 Å². The van der Waals surface area contributed by atoms with Crippen LogP contribution in [-0.2, 0) is 19.1 Å². The molecule has 0 unspecified atom stereocenters. The van der Waals surface area contributed by atoms with Crippen molar-refractivity contribution in [2.24, 2.45) is 5.92 Å². The molecule has 1 aromatic carbocycles. The summed E-state index contributed by atoms with van der Waals surface area (Å²) in [4.78, 5) is 27.1. The van der Waals surface area contributed by atoms with Crippen LogP contribution in [0.1, 0.15) is 24.8 Å². The van der Waals surface area contributed by atoms with Crippen molar-refractivity contribution in [2.75, 3.05) is 35.5 Å². The molecule has 3 rings (SSSR count). The maximum absolute atomic E-state index is 12.5. The molecule has 0 N–H and O–H groups in total. The molecule has 0 spiro atoms. The molecule has 0 radical (unpaired) electrons. The van der Waals surface area contributed by atoms with E-state index in [2.05, 4.69) is 4.90 Å². The molecule has 1 aromatic rings. The Hall–Kier alpha value is -2.74. The van der Waals surface area contributed by atoms with Gasteiger partial charge >= 0.3 is 11.9 Å². The van der Waals surface area contributed by atoms with Gasteiger partial charge in [0.1, 0.15) is 12.0 Å². The number of fused-ring (bicyclic) bond motifs is 2. The van der Waals surface area contributed by atoms with Crippen molar-refractivity contribution >= 4 is 18.0 Å². The average Bonchev–Trinajstić information content (AvgIpc) is 2.99. The first-order chi connectivity index (χ1) is 14.4. The molecule has 2 bridgehead atoms. The third-order valence-electron chi connectivity index (χ3n) is 6.05. The van der Waals surface area contributed by atoms with Gasteiger partial charge in [0.05, 0.1) is 28.4 Å². The van der Waals surface area contributed by atoms with E-state index >= 15 is 0 Å². The Kier molecular flexibility index (Phi) is 6.87. The summed E-state index contributed by atoms with van der Waals surface area (Å²) in [5.74, 6) is 0.134. The molecule has 2 fully saturated rings. The second-order valence-corrected chi connectivity index (χ2v) is 7.52. The summed E-state index contributed by atoms with van der Waals surface area (Å²) in [5.41, 5.74) is 0.689. The first kappa shape index (κ1) is 22.0. The van der Waals surface area contributed by atoms with Crippen molar-refractivity contribution in [3.8, 4) is 17.2 Å². The van der Waals surface area contributed by atoms with E-state index in [1.165, 1.54) is 34.5 Å². The zero-order chi connectivity index (χ0) is 21.8. The van der Waals surface area contributed by atoms with Crippen LogP contribution in [0.4, 0.5) is 0 Å². The minimum absolute atomic E-state index is 0.0353. The lowest BCUT2D eigenvalue weighted by Crippen LogP contribution is -2.53. The summed E-state index contributed by atoms with van der Waals surface area (Å²) in [6.45, 7) is 0. The summed E-state index contributed by atoms with van der Waals surface area (Å²) in [6.07, 6.45) is 4.97. The van der Waals surface area contributed by atoms with Crippen LogP contribution in [0.5, 0.6) is 17.2 Å². The van der Waals surface area contributed by atoms with Crippen LogP contribution >= 0.6 is 0 Å². The lowest BCUT2D eigenvalue weighted by atomic mass is 9.87. The lowest BCUT2D eigenvalue weighted by molar-refractivity contribution is -0.165. The molecular formula is C22H29NO7. The fourth-order valence-corrected chi connectivity index (χ4v) is 4.54. The van der Waals surface area contributed by atoms with E-state index in [0.29, 0.717) is 35.3 Å². The second-order valence-electron chi connectivity index (χ2n) is 7.52. The van der Waals surface area contributed by atoms with Gasteiger partial charge in [0, 0.05) is 24.6 Å². The number of hydrogen-bond donors (Lipinski definition) is 0. The van der Waals surface area contributed by atoms with Gasteiger partial charge in [0.2, 0.25) is 5.75 Å². The van der Waals surface area contributed by atoms with E-state index in [4.69, 9.17) is 23.7 Å². The van der Waals surface area contributed by atoms with Gasteiger partial charge in [-0.3, -0.25) is 9.69 Å². The van der Waals surface area contributed by atoms with Gasteiger partial charge in [-0.2, -0.15) is 0 Å². The smallest absolute Gasteiger partial charge is 0.331 e. The van der Waals surface area contributed by atoms with Crippen LogP contribution in [0.25, 0.3) is 6.08 Å². The van der Waals surface area contributed by atoms with Crippen molar-refractivity contribution in [1.82, 2.24) is 4.90 Å². The van der Waals surface area contributed by atoms with Crippen LogP contribution in [0.3, 0.4) is 0 Å². The van der Waals surface area contributed by atoms with Gasteiger partial charge in [-0.05, 0) is 43.7 Å². The average molecular weight is 419 g/mol. The Bertz CT molecular complexity index is 797. The van der Waals surface area contributed by atoms with Crippen molar-refractivity contribution in [1.29, 1.82) is 0 Å². The summed E-state index contributed by atoms with van der Waals surface area (Å²) in [5, 5.41) is 0. The van der Waals surface area contributed by atoms with Gasteiger partial charge < -0.3 is 23.7 Å². The third kappa shape index (κ3) is 4.23. The molecular weight excluding hydrogens is 390 g/mol. The van der Waals surface area contributed by atoms with E-state index in [0.717, 1.165) is 12.8 Å². The number of nitrogens with zero attached hydrogens (tertiary/aromatic N) is 1. The minimum Gasteiger partial charge on any atom is -0.493 e. The Morgan fingerprint density at radius 3 is 2.27 bits per heavy atom. The van der Waals surface area contributed by atoms with E-state index in [1.807, 2.05) is 7.05 Å². The van der Waals surface area contributed by atoms with Crippen LogP contribution < -0.4 is 14.2 Å². The van der Waals surface area contributed by atoms with Crippen LogP contribution in [0.15, 0.2) is 18.2 Å². The molecule has 0 aliphatic carbocycles. The minimum atomic E-state index is -0.508. The highest BCUT2D eigenvalue weighted by Gasteiger charge is 2.50. The second kappa shape index (κ2) is 9.38. The van der Waals surface area contributed by atoms with Gasteiger partial charge in [-0.1, -0.05) is 0 Å². The number of esters is 2. The molecule has 8 heteroatoms. The first-order valence-corrected chi connectivity index (χ1v) is 9.91.